The fourth-order valence-corrected chi connectivity index (χ4v) is 1.90. The van der Waals surface area contributed by atoms with Crippen LogP contribution in [-0.2, 0) is 4.84 Å². The zero-order valence-corrected chi connectivity index (χ0v) is 12.2. The lowest BCUT2D eigenvalue weighted by Gasteiger charge is -2.13. The van der Waals surface area contributed by atoms with Gasteiger partial charge in [-0.15, -0.1) is 0 Å². The van der Waals surface area contributed by atoms with Crippen LogP contribution in [0.2, 0.25) is 0 Å². The molecular weight excluding hydrogens is 302 g/mol. The fourth-order valence-electron chi connectivity index (χ4n) is 1.35. The minimum Gasteiger partial charge on any atom is -0.493 e. The number of hydroxylamine groups is 1. The molecule has 0 saturated carbocycles. The van der Waals surface area contributed by atoms with E-state index in [1.807, 2.05) is 6.92 Å². The zero-order chi connectivity index (χ0) is 13.5. The first-order valence-electron chi connectivity index (χ1n) is 5.47. The Balaban J connectivity index is 3.06. The molecule has 0 aliphatic rings. The van der Waals surface area contributed by atoms with Crippen LogP contribution in [0.1, 0.15) is 23.7 Å². The molecule has 0 aliphatic heterocycles. The van der Waals surface area contributed by atoms with Crippen molar-refractivity contribution in [1.29, 1.82) is 0 Å². The van der Waals surface area contributed by atoms with E-state index >= 15 is 0 Å². The van der Waals surface area contributed by atoms with Crippen molar-refractivity contribution in [2.75, 3.05) is 20.8 Å². The first kappa shape index (κ1) is 14.8. The predicted molar refractivity (Wildman–Crippen MR) is 71.0 cm³/mol. The topological polar surface area (TPSA) is 56.8 Å². The van der Waals surface area contributed by atoms with Crippen molar-refractivity contribution >= 4 is 21.8 Å². The average molecular weight is 318 g/mol. The molecule has 0 unspecified atom stereocenters. The summed E-state index contributed by atoms with van der Waals surface area (Å²) >= 11 is 3.36. The maximum Gasteiger partial charge on any atom is 0.275 e. The number of rotatable bonds is 6. The van der Waals surface area contributed by atoms with Crippen LogP contribution in [0.15, 0.2) is 16.6 Å². The number of hydrogen-bond acceptors (Lipinski definition) is 4. The van der Waals surface area contributed by atoms with Gasteiger partial charge in [0, 0.05) is 5.56 Å². The number of carbonyl (C=O) groups is 1. The third-order valence-corrected chi connectivity index (χ3v) is 2.73. The molecule has 1 aromatic carbocycles. The molecule has 0 aromatic heterocycles. The summed E-state index contributed by atoms with van der Waals surface area (Å²) < 4.78 is 11.4. The number of halogens is 1. The van der Waals surface area contributed by atoms with E-state index < -0.39 is 0 Å². The number of carbonyl (C=O) groups excluding carboxylic acids is 1. The van der Waals surface area contributed by atoms with Crippen LogP contribution in [-0.4, -0.2) is 26.7 Å². The van der Waals surface area contributed by atoms with Crippen molar-refractivity contribution in [3.05, 3.63) is 22.2 Å². The number of amides is 1. The lowest BCUT2D eigenvalue weighted by Crippen LogP contribution is -2.21. The van der Waals surface area contributed by atoms with Gasteiger partial charge in [-0.1, -0.05) is 6.92 Å². The molecule has 100 valence electrons. The van der Waals surface area contributed by atoms with Gasteiger partial charge in [-0.2, -0.15) is 0 Å². The van der Waals surface area contributed by atoms with Gasteiger partial charge >= 0.3 is 0 Å². The first-order valence-corrected chi connectivity index (χ1v) is 6.27. The van der Waals surface area contributed by atoms with E-state index in [4.69, 9.17) is 9.47 Å². The number of ether oxygens (including phenoxy) is 2. The zero-order valence-electron chi connectivity index (χ0n) is 10.6. The SMILES string of the molecule is CCCOc1c(Br)cc(C(=O)NOC)cc1OC. The van der Waals surface area contributed by atoms with Crippen molar-refractivity contribution in [1.82, 2.24) is 5.48 Å². The highest BCUT2D eigenvalue weighted by molar-refractivity contribution is 9.10. The van der Waals surface area contributed by atoms with Crippen LogP contribution in [0.25, 0.3) is 0 Å². The maximum absolute atomic E-state index is 11.6. The Morgan fingerprint density at radius 2 is 2.11 bits per heavy atom. The fraction of sp³-hybridized carbons (Fsp3) is 0.417. The van der Waals surface area contributed by atoms with Gasteiger partial charge in [0.1, 0.15) is 0 Å². The number of methoxy groups -OCH3 is 1. The normalized spacial score (nSPS) is 10.0. The number of nitrogens with one attached hydrogen (secondary N) is 1. The second-order valence-corrected chi connectivity index (χ2v) is 4.33. The van der Waals surface area contributed by atoms with E-state index in [9.17, 15) is 4.79 Å². The van der Waals surface area contributed by atoms with E-state index in [0.29, 0.717) is 28.1 Å². The summed E-state index contributed by atoms with van der Waals surface area (Å²) in [5.41, 5.74) is 2.67. The minimum atomic E-state index is -0.349. The molecule has 0 radical (unpaired) electrons. The Kier molecular flexibility index (Phi) is 5.94. The highest BCUT2D eigenvalue weighted by atomic mass is 79.9. The molecule has 5 nitrogen and oxygen atoms in total. The molecule has 18 heavy (non-hydrogen) atoms. The molecule has 1 rings (SSSR count). The number of hydrogen-bond donors (Lipinski definition) is 1. The molecule has 0 saturated heterocycles. The van der Waals surface area contributed by atoms with Crippen molar-refractivity contribution < 1.29 is 19.1 Å². The molecule has 1 amide bonds. The monoisotopic (exact) mass is 317 g/mol. The molecule has 0 fully saturated rings. The average Bonchev–Trinajstić information content (AvgIpc) is 2.36. The van der Waals surface area contributed by atoms with Crippen LogP contribution in [0.5, 0.6) is 11.5 Å². The maximum atomic E-state index is 11.6. The second-order valence-electron chi connectivity index (χ2n) is 3.47. The first-order chi connectivity index (χ1) is 8.63. The summed E-state index contributed by atoms with van der Waals surface area (Å²) in [6, 6.07) is 3.26. The Morgan fingerprint density at radius 1 is 1.39 bits per heavy atom. The van der Waals surface area contributed by atoms with Crippen LogP contribution in [0, 0.1) is 0 Å². The van der Waals surface area contributed by atoms with Crippen molar-refractivity contribution in [3.63, 3.8) is 0 Å². The summed E-state index contributed by atoms with van der Waals surface area (Å²) in [6.45, 7) is 2.60. The van der Waals surface area contributed by atoms with Gasteiger partial charge in [0.05, 0.1) is 25.3 Å². The lowest BCUT2D eigenvalue weighted by atomic mass is 10.2. The van der Waals surface area contributed by atoms with Crippen LogP contribution < -0.4 is 15.0 Å². The molecule has 0 atom stereocenters. The van der Waals surface area contributed by atoms with Crippen LogP contribution in [0.4, 0.5) is 0 Å². The van der Waals surface area contributed by atoms with Gasteiger partial charge in [-0.05, 0) is 34.5 Å². The molecular formula is C12H16BrNO4. The molecule has 0 aliphatic carbocycles. The standard InChI is InChI=1S/C12H16BrNO4/c1-4-5-18-11-9(13)6-8(7-10(11)16-2)12(15)14-17-3/h6-7H,4-5H2,1-3H3,(H,14,15). The minimum absolute atomic E-state index is 0.349. The van der Waals surface area contributed by atoms with Gasteiger partial charge in [0.2, 0.25) is 0 Å². The Hall–Kier alpha value is -1.27. The van der Waals surface area contributed by atoms with Crippen LogP contribution >= 0.6 is 15.9 Å². The Labute approximate surface area is 114 Å². The van der Waals surface area contributed by atoms with E-state index in [1.165, 1.54) is 14.2 Å². The van der Waals surface area contributed by atoms with Gasteiger partial charge in [-0.3, -0.25) is 9.63 Å². The summed E-state index contributed by atoms with van der Waals surface area (Å²) in [6.07, 6.45) is 0.890. The summed E-state index contributed by atoms with van der Waals surface area (Å²) in [5.74, 6) is 0.742. The third-order valence-electron chi connectivity index (χ3n) is 2.14. The van der Waals surface area contributed by atoms with E-state index in [0.717, 1.165) is 6.42 Å². The molecule has 6 heteroatoms. The van der Waals surface area contributed by atoms with Crippen molar-refractivity contribution in [3.8, 4) is 11.5 Å². The highest BCUT2D eigenvalue weighted by Gasteiger charge is 2.15. The van der Waals surface area contributed by atoms with Gasteiger partial charge in [0.25, 0.3) is 5.91 Å². The molecule has 0 heterocycles. The Bertz CT molecular complexity index is 423. The van der Waals surface area contributed by atoms with Gasteiger partial charge in [-0.25, -0.2) is 5.48 Å². The summed E-state index contributed by atoms with van der Waals surface area (Å²) in [5, 5.41) is 0. The summed E-state index contributed by atoms with van der Waals surface area (Å²) in [4.78, 5) is 16.2. The van der Waals surface area contributed by atoms with E-state index in [2.05, 4.69) is 26.2 Å². The van der Waals surface area contributed by atoms with E-state index in [1.54, 1.807) is 12.1 Å². The quantitative estimate of drug-likeness (QED) is 0.819. The predicted octanol–water partition coefficient (Wildman–Crippen LogP) is 2.54. The van der Waals surface area contributed by atoms with Crippen LogP contribution in [0.3, 0.4) is 0 Å². The van der Waals surface area contributed by atoms with Crippen molar-refractivity contribution in [2.45, 2.75) is 13.3 Å². The molecule has 1 aromatic rings. The van der Waals surface area contributed by atoms with Gasteiger partial charge in [0.15, 0.2) is 11.5 Å². The number of benzene rings is 1. The molecule has 1 N–H and O–H groups in total. The third kappa shape index (κ3) is 3.61. The highest BCUT2D eigenvalue weighted by Crippen LogP contribution is 2.36. The molecule has 0 spiro atoms. The lowest BCUT2D eigenvalue weighted by molar-refractivity contribution is 0.0537. The molecule has 0 bridgehead atoms. The van der Waals surface area contributed by atoms with Crippen molar-refractivity contribution in [2.24, 2.45) is 0 Å². The largest absolute Gasteiger partial charge is 0.493 e. The van der Waals surface area contributed by atoms with E-state index in [-0.39, 0.29) is 5.91 Å². The van der Waals surface area contributed by atoms with Gasteiger partial charge < -0.3 is 9.47 Å². The smallest absolute Gasteiger partial charge is 0.275 e. The Morgan fingerprint density at radius 3 is 2.67 bits per heavy atom. The summed E-state index contributed by atoms with van der Waals surface area (Å²) in [7, 11) is 2.90. The second kappa shape index (κ2) is 7.23.